The van der Waals surface area contributed by atoms with Crippen molar-refractivity contribution >= 4 is 17.5 Å². The first-order chi connectivity index (χ1) is 8.92. The summed E-state index contributed by atoms with van der Waals surface area (Å²) in [5, 5.41) is 6.10. The van der Waals surface area contributed by atoms with E-state index in [2.05, 4.69) is 10.6 Å². The van der Waals surface area contributed by atoms with Gasteiger partial charge in [0, 0.05) is 17.9 Å². The van der Waals surface area contributed by atoms with Crippen LogP contribution < -0.4 is 10.6 Å². The molecule has 0 aromatic heterocycles. The fourth-order valence-electron chi connectivity index (χ4n) is 1.68. The maximum atomic E-state index is 11.6. The van der Waals surface area contributed by atoms with Gasteiger partial charge in [0.1, 0.15) is 5.60 Å². The van der Waals surface area contributed by atoms with Gasteiger partial charge in [-0.05, 0) is 63.8 Å². The van der Waals surface area contributed by atoms with Gasteiger partial charge in [-0.25, -0.2) is 4.79 Å². The average Bonchev–Trinajstić information content (AvgIpc) is 3.09. The molecule has 0 spiro atoms. The van der Waals surface area contributed by atoms with E-state index in [0.29, 0.717) is 0 Å². The normalized spacial score (nSPS) is 14.9. The lowest BCUT2D eigenvalue weighted by Gasteiger charge is -2.19. The van der Waals surface area contributed by atoms with Gasteiger partial charge in [-0.15, -0.1) is 0 Å². The van der Waals surface area contributed by atoms with Crippen LogP contribution in [0.1, 0.15) is 33.6 Å². The van der Waals surface area contributed by atoms with Crippen LogP contribution >= 0.6 is 0 Å². The highest BCUT2D eigenvalue weighted by atomic mass is 16.6. The topological polar surface area (TPSA) is 50.4 Å². The molecule has 4 heteroatoms. The molecule has 1 aromatic carbocycles. The molecule has 0 atom stereocenters. The smallest absolute Gasteiger partial charge is 0.412 e. The van der Waals surface area contributed by atoms with Gasteiger partial charge in [0.2, 0.25) is 0 Å². The van der Waals surface area contributed by atoms with Crippen molar-refractivity contribution in [2.75, 3.05) is 17.2 Å². The van der Waals surface area contributed by atoms with Crippen molar-refractivity contribution in [3.8, 4) is 0 Å². The second-order valence-corrected chi connectivity index (χ2v) is 6.03. The highest BCUT2D eigenvalue weighted by Crippen LogP contribution is 2.29. The summed E-state index contributed by atoms with van der Waals surface area (Å²) in [4.78, 5) is 11.6. The summed E-state index contributed by atoms with van der Waals surface area (Å²) in [6.07, 6.45) is 2.25. The van der Waals surface area contributed by atoms with Crippen molar-refractivity contribution in [2.24, 2.45) is 5.92 Å². The molecule has 0 aliphatic heterocycles. The summed E-state index contributed by atoms with van der Waals surface area (Å²) in [6.45, 7) is 6.57. The van der Waals surface area contributed by atoms with Crippen LogP contribution in [0.3, 0.4) is 0 Å². The largest absolute Gasteiger partial charge is 0.444 e. The Bertz CT molecular complexity index is 430. The van der Waals surface area contributed by atoms with Gasteiger partial charge in [-0.3, -0.25) is 5.32 Å². The Labute approximate surface area is 114 Å². The number of anilines is 2. The van der Waals surface area contributed by atoms with Gasteiger partial charge in [-0.1, -0.05) is 0 Å². The first kappa shape index (κ1) is 13.7. The van der Waals surface area contributed by atoms with Gasteiger partial charge >= 0.3 is 6.09 Å². The number of rotatable bonds is 4. The Balaban J connectivity index is 1.81. The maximum Gasteiger partial charge on any atom is 0.412 e. The molecule has 0 radical (unpaired) electrons. The van der Waals surface area contributed by atoms with Crippen molar-refractivity contribution < 1.29 is 9.53 Å². The zero-order valence-corrected chi connectivity index (χ0v) is 11.8. The lowest BCUT2D eigenvalue weighted by molar-refractivity contribution is 0.0636. The first-order valence-corrected chi connectivity index (χ1v) is 6.76. The predicted octanol–water partition coefficient (Wildman–Crippen LogP) is 3.86. The minimum atomic E-state index is -0.476. The van der Waals surface area contributed by atoms with E-state index in [0.717, 1.165) is 23.8 Å². The third-order valence-corrected chi connectivity index (χ3v) is 2.82. The van der Waals surface area contributed by atoms with Crippen LogP contribution in [0.4, 0.5) is 16.2 Å². The predicted molar refractivity (Wildman–Crippen MR) is 77.5 cm³/mol. The Hall–Kier alpha value is -1.71. The molecule has 19 heavy (non-hydrogen) atoms. The number of carbonyl (C=O) groups excluding carboxylic acids is 1. The van der Waals surface area contributed by atoms with Gasteiger partial charge in [-0.2, -0.15) is 0 Å². The number of benzene rings is 1. The standard InChI is InChI=1S/C15H22N2O2/c1-15(2,3)19-14(18)17-13-8-6-12(7-9-13)16-10-11-4-5-11/h6-9,11,16H,4-5,10H2,1-3H3,(H,17,18). The fourth-order valence-corrected chi connectivity index (χ4v) is 1.68. The number of hydrogen-bond donors (Lipinski definition) is 2. The summed E-state index contributed by atoms with van der Waals surface area (Å²) in [7, 11) is 0. The van der Waals surface area contributed by atoms with Crippen LogP contribution in [0.5, 0.6) is 0 Å². The number of nitrogens with one attached hydrogen (secondary N) is 2. The molecule has 0 bridgehead atoms. The molecule has 1 aliphatic carbocycles. The highest BCUT2D eigenvalue weighted by molar-refractivity contribution is 5.85. The fraction of sp³-hybridized carbons (Fsp3) is 0.533. The van der Waals surface area contributed by atoms with E-state index < -0.39 is 11.7 Å². The van der Waals surface area contributed by atoms with E-state index in [4.69, 9.17) is 4.74 Å². The summed E-state index contributed by atoms with van der Waals surface area (Å²) in [6, 6.07) is 7.68. The average molecular weight is 262 g/mol. The molecule has 1 amide bonds. The van der Waals surface area contributed by atoms with Gasteiger partial charge < -0.3 is 10.1 Å². The van der Waals surface area contributed by atoms with Crippen LogP contribution in [0.2, 0.25) is 0 Å². The zero-order valence-electron chi connectivity index (χ0n) is 11.8. The van der Waals surface area contributed by atoms with Crippen LogP contribution in [0, 0.1) is 5.92 Å². The quantitative estimate of drug-likeness (QED) is 0.866. The van der Waals surface area contributed by atoms with Crippen LogP contribution in [-0.4, -0.2) is 18.2 Å². The minimum Gasteiger partial charge on any atom is -0.444 e. The Morgan fingerprint density at radius 1 is 1.21 bits per heavy atom. The molecule has 1 fully saturated rings. The van der Waals surface area contributed by atoms with Gasteiger partial charge in [0.15, 0.2) is 0 Å². The van der Waals surface area contributed by atoms with Gasteiger partial charge in [0.05, 0.1) is 0 Å². The van der Waals surface area contributed by atoms with Crippen LogP contribution in [0.25, 0.3) is 0 Å². The Kier molecular flexibility index (Phi) is 3.98. The van der Waals surface area contributed by atoms with Crippen LogP contribution in [0.15, 0.2) is 24.3 Å². The lowest BCUT2D eigenvalue weighted by atomic mass is 10.2. The van der Waals surface area contributed by atoms with E-state index >= 15 is 0 Å². The third-order valence-electron chi connectivity index (χ3n) is 2.82. The number of carbonyl (C=O) groups is 1. The van der Waals surface area contributed by atoms with E-state index in [9.17, 15) is 4.79 Å². The monoisotopic (exact) mass is 262 g/mol. The second-order valence-electron chi connectivity index (χ2n) is 6.03. The summed E-state index contributed by atoms with van der Waals surface area (Å²) < 4.78 is 5.19. The number of amides is 1. The molecule has 1 saturated carbocycles. The van der Waals surface area contributed by atoms with E-state index in [1.165, 1.54) is 12.8 Å². The highest BCUT2D eigenvalue weighted by Gasteiger charge is 2.20. The molecule has 0 heterocycles. The van der Waals surface area contributed by atoms with Crippen molar-refractivity contribution in [3.63, 3.8) is 0 Å². The molecule has 2 N–H and O–H groups in total. The number of hydrogen-bond acceptors (Lipinski definition) is 3. The lowest BCUT2D eigenvalue weighted by Crippen LogP contribution is -2.27. The van der Waals surface area contributed by atoms with Crippen molar-refractivity contribution in [1.82, 2.24) is 0 Å². The number of ether oxygens (including phenoxy) is 1. The second kappa shape index (κ2) is 5.51. The van der Waals surface area contributed by atoms with E-state index in [-0.39, 0.29) is 0 Å². The van der Waals surface area contributed by atoms with Crippen molar-refractivity contribution in [2.45, 2.75) is 39.2 Å². The van der Waals surface area contributed by atoms with Crippen LogP contribution in [-0.2, 0) is 4.74 Å². The molecule has 104 valence electrons. The molecular formula is C15H22N2O2. The molecular weight excluding hydrogens is 240 g/mol. The SMILES string of the molecule is CC(C)(C)OC(=O)Nc1ccc(NCC2CC2)cc1. The minimum absolute atomic E-state index is 0.425. The molecule has 1 aliphatic rings. The molecule has 1 aromatic rings. The van der Waals surface area contributed by atoms with E-state index in [1.807, 2.05) is 45.0 Å². The maximum absolute atomic E-state index is 11.6. The summed E-state index contributed by atoms with van der Waals surface area (Å²) in [5.41, 5.74) is 1.35. The summed E-state index contributed by atoms with van der Waals surface area (Å²) in [5.74, 6) is 0.847. The molecule has 0 saturated heterocycles. The van der Waals surface area contributed by atoms with Gasteiger partial charge in [0.25, 0.3) is 0 Å². The first-order valence-electron chi connectivity index (χ1n) is 6.76. The Morgan fingerprint density at radius 3 is 2.32 bits per heavy atom. The van der Waals surface area contributed by atoms with E-state index in [1.54, 1.807) is 0 Å². The van der Waals surface area contributed by atoms with Crippen molar-refractivity contribution in [3.05, 3.63) is 24.3 Å². The molecule has 2 rings (SSSR count). The third kappa shape index (κ3) is 5.20. The summed E-state index contributed by atoms with van der Waals surface area (Å²) >= 11 is 0. The van der Waals surface area contributed by atoms with Crippen molar-refractivity contribution in [1.29, 1.82) is 0 Å². The molecule has 0 unspecified atom stereocenters. The molecule has 4 nitrogen and oxygen atoms in total. The zero-order chi connectivity index (χ0) is 13.9. The Morgan fingerprint density at radius 2 is 1.79 bits per heavy atom.